The SMILES string of the molecule is CCOc1cccc(CN(C)C[C@@H]2CCCN(CC)[C@H]2c2cnn(C)c2)n1. The van der Waals surface area contributed by atoms with Crippen molar-refractivity contribution in [2.24, 2.45) is 13.0 Å². The lowest BCUT2D eigenvalue weighted by atomic mass is 9.85. The van der Waals surface area contributed by atoms with Crippen LogP contribution in [0.5, 0.6) is 5.88 Å². The van der Waals surface area contributed by atoms with Gasteiger partial charge in [0.25, 0.3) is 0 Å². The number of aromatic nitrogens is 3. The van der Waals surface area contributed by atoms with Crippen molar-refractivity contribution in [3.05, 3.63) is 41.9 Å². The third kappa shape index (κ3) is 5.08. The molecule has 2 aromatic rings. The number of likely N-dealkylation sites (tertiary alicyclic amines) is 1. The molecule has 27 heavy (non-hydrogen) atoms. The summed E-state index contributed by atoms with van der Waals surface area (Å²) in [5, 5.41) is 4.42. The second-order valence-corrected chi connectivity index (χ2v) is 7.52. The molecule has 1 aliphatic heterocycles. The maximum absolute atomic E-state index is 5.54. The molecule has 1 aliphatic rings. The molecule has 2 aromatic heterocycles. The van der Waals surface area contributed by atoms with Crippen LogP contribution in [0.4, 0.5) is 0 Å². The molecule has 0 aliphatic carbocycles. The molecule has 1 fully saturated rings. The van der Waals surface area contributed by atoms with Crippen LogP contribution in [0.2, 0.25) is 0 Å². The monoisotopic (exact) mass is 371 g/mol. The highest BCUT2D eigenvalue weighted by atomic mass is 16.5. The fraction of sp³-hybridized carbons (Fsp3) is 0.619. The van der Waals surface area contributed by atoms with Gasteiger partial charge in [-0.05, 0) is 51.9 Å². The highest BCUT2D eigenvalue weighted by Crippen LogP contribution is 2.36. The molecule has 0 saturated carbocycles. The largest absolute Gasteiger partial charge is 0.478 e. The first kappa shape index (κ1) is 19.8. The van der Waals surface area contributed by atoms with Crippen molar-refractivity contribution in [3.8, 4) is 5.88 Å². The number of pyridine rings is 1. The van der Waals surface area contributed by atoms with Crippen molar-refractivity contribution in [2.45, 2.75) is 39.3 Å². The van der Waals surface area contributed by atoms with Crippen LogP contribution in [0.15, 0.2) is 30.6 Å². The van der Waals surface area contributed by atoms with Gasteiger partial charge in [0.05, 0.1) is 18.5 Å². The predicted octanol–water partition coefficient (Wildman–Crippen LogP) is 3.12. The van der Waals surface area contributed by atoms with Gasteiger partial charge in [-0.2, -0.15) is 5.10 Å². The van der Waals surface area contributed by atoms with Gasteiger partial charge < -0.3 is 9.64 Å². The van der Waals surface area contributed by atoms with Gasteiger partial charge in [0.2, 0.25) is 5.88 Å². The fourth-order valence-electron chi connectivity index (χ4n) is 4.29. The van der Waals surface area contributed by atoms with Crippen LogP contribution < -0.4 is 4.74 Å². The van der Waals surface area contributed by atoms with Crippen LogP contribution in [0.1, 0.15) is 44.0 Å². The van der Waals surface area contributed by atoms with Gasteiger partial charge in [-0.15, -0.1) is 0 Å². The summed E-state index contributed by atoms with van der Waals surface area (Å²) >= 11 is 0. The average molecular weight is 372 g/mol. The van der Waals surface area contributed by atoms with E-state index in [1.54, 1.807) is 0 Å². The van der Waals surface area contributed by atoms with Crippen molar-refractivity contribution in [1.29, 1.82) is 0 Å². The fourth-order valence-corrected chi connectivity index (χ4v) is 4.29. The Kier molecular flexibility index (Phi) is 6.85. The number of hydrogen-bond acceptors (Lipinski definition) is 5. The number of nitrogens with zero attached hydrogens (tertiary/aromatic N) is 5. The van der Waals surface area contributed by atoms with Gasteiger partial charge in [0.1, 0.15) is 0 Å². The van der Waals surface area contributed by atoms with Crippen LogP contribution in [-0.2, 0) is 13.6 Å². The standard InChI is InChI=1S/C21H33N5O/c1-5-26-12-8-9-17(21(26)18-13-22-25(4)15-18)14-24(3)16-19-10-7-11-20(23-19)27-6-2/h7,10-11,13,15,17,21H,5-6,8-9,12,14,16H2,1-4H3/t17-,21+/m0/s1. The highest BCUT2D eigenvalue weighted by Gasteiger charge is 2.33. The minimum absolute atomic E-state index is 0.447. The van der Waals surface area contributed by atoms with Gasteiger partial charge in [-0.25, -0.2) is 4.98 Å². The minimum Gasteiger partial charge on any atom is -0.478 e. The molecular formula is C21H33N5O. The molecule has 148 valence electrons. The third-order valence-corrected chi connectivity index (χ3v) is 5.38. The number of ether oxygens (including phenoxy) is 1. The van der Waals surface area contributed by atoms with Gasteiger partial charge in [0, 0.05) is 44.0 Å². The third-order valence-electron chi connectivity index (χ3n) is 5.38. The van der Waals surface area contributed by atoms with Crippen molar-refractivity contribution >= 4 is 0 Å². The normalized spacial score (nSPS) is 20.9. The van der Waals surface area contributed by atoms with Gasteiger partial charge in [-0.3, -0.25) is 9.58 Å². The van der Waals surface area contributed by atoms with Crippen LogP contribution in [0.3, 0.4) is 0 Å². The van der Waals surface area contributed by atoms with E-state index < -0.39 is 0 Å². The molecule has 0 aromatic carbocycles. The number of aryl methyl sites for hydroxylation is 1. The zero-order valence-electron chi connectivity index (χ0n) is 17.1. The summed E-state index contributed by atoms with van der Waals surface area (Å²) in [7, 11) is 4.20. The zero-order valence-corrected chi connectivity index (χ0v) is 17.1. The highest BCUT2D eigenvalue weighted by molar-refractivity contribution is 5.16. The topological polar surface area (TPSA) is 46.4 Å². The van der Waals surface area contributed by atoms with E-state index in [0.717, 1.165) is 25.3 Å². The Bertz CT molecular complexity index is 716. The quantitative estimate of drug-likeness (QED) is 0.713. The second-order valence-electron chi connectivity index (χ2n) is 7.52. The van der Waals surface area contributed by atoms with E-state index in [1.165, 1.54) is 24.9 Å². The molecule has 3 rings (SSSR count). The summed E-state index contributed by atoms with van der Waals surface area (Å²) in [5.74, 6) is 1.31. The van der Waals surface area contributed by atoms with Crippen molar-refractivity contribution < 1.29 is 4.74 Å². The van der Waals surface area contributed by atoms with Crippen LogP contribution in [0.25, 0.3) is 0 Å². The smallest absolute Gasteiger partial charge is 0.213 e. The first-order valence-electron chi connectivity index (χ1n) is 10.1. The maximum atomic E-state index is 5.54. The lowest BCUT2D eigenvalue weighted by molar-refractivity contribution is 0.0746. The molecule has 6 heteroatoms. The number of rotatable bonds is 8. The molecule has 1 saturated heterocycles. The molecule has 0 spiro atoms. The Labute approximate surface area is 163 Å². The van der Waals surface area contributed by atoms with E-state index in [2.05, 4.69) is 46.1 Å². The summed E-state index contributed by atoms with van der Waals surface area (Å²) < 4.78 is 7.46. The Morgan fingerprint density at radius 1 is 1.30 bits per heavy atom. The Morgan fingerprint density at radius 3 is 2.85 bits per heavy atom. The molecule has 0 unspecified atom stereocenters. The first-order chi connectivity index (χ1) is 13.1. The molecule has 3 heterocycles. The van der Waals surface area contributed by atoms with Gasteiger partial charge >= 0.3 is 0 Å². The summed E-state index contributed by atoms with van der Waals surface area (Å²) in [6.07, 6.45) is 6.74. The summed E-state index contributed by atoms with van der Waals surface area (Å²) in [6.45, 7) is 9.04. The van der Waals surface area contributed by atoms with Crippen LogP contribution >= 0.6 is 0 Å². The Hall–Kier alpha value is -1.92. The van der Waals surface area contributed by atoms with E-state index in [0.29, 0.717) is 24.4 Å². The van der Waals surface area contributed by atoms with Crippen molar-refractivity contribution in [2.75, 3.05) is 33.3 Å². The summed E-state index contributed by atoms with van der Waals surface area (Å²) in [5.41, 5.74) is 2.40. The van der Waals surface area contributed by atoms with Crippen molar-refractivity contribution in [3.63, 3.8) is 0 Å². The molecule has 0 radical (unpaired) electrons. The van der Waals surface area contributed by atoms with E-state index in [9.17, 15) is 0 Å². The molecule has 2 atom stereocenters. The minimum atomic E-state index is 0.447. The lowest BCUT2D eigenvalue weighted by Gasteiger charge is -2.42. The lowest BCUT2D eigenvalue weighted by Crippen LogP contribution is -2.42. The van der Waals surface area contributed by atoms with Crippen molar-refractivity contribution in [1.82, 2.24) is 24.6 Å². The van der Waals surface area contributed by atoms with E-state index in [4.69, 9.17) is 4.74 Å². The molecule has 0 N–H and O–H groups in total. The number of piperidine rings is 1. The van der Waals surface area contributed by atoms with Crippen LogP contribution in [-0.4, -0.2) is 57.9 Å². The second kappa shape index (κ2) is 9.33. The van der Waals surface area contributed by atoms with E-state index in [-0.39, 0.29) is 0 Å². The Morgan fingerprint density at radius 2 is 2.15 bits per heavy atom. The molecule has 0 bridgehead atoms. The molecule has 6 nitrogen and oxygen atoms in total. The predicted molar refractivity (Wildman–Crippen MR) is 108 cm³/mol. The maximum Gasteiger partial charge on any atom is 0.213 e. The molecule has 0 amide bonds. The summed E-state index contributed by atoms with van der Waals surface area (Å²) in [4.78, 5) is 9.62. The van der Waals surface area contributed by atoms with E-state index in [1.807, 2.05) is 37.0 Å². The zero-order chi connectivity index (χ0) is 19.2. The van der Waals surface area contributed by atoms with E-state index >= 15 is 0 Å². The summed E-state index contributed by atoms with van der Waals surface area (Å²) in [6, 6.07) is 6.48. The number of hydrogen-bond donors (Lipinski definition) is 0. The van der Waals surface area contributed by atoms with Gasteiger partial charge in [-0.1, -0.05) is 13.0 Å². The van der Waals surface area contributed by atoms with Crippen LogP contribution in [0, 0.1) is 5.92 Å². The average Bonchev–Trinajstić information content (AvgIpc) is 3.08. The molecular weight excluding hydrogens is 338 g/mol. The Balaban J connectivity index is 1.69. The first-order valence-corrected chi connectivity index (χ1v) is 10.1. The van der Waals surface area contributed by atoms with Gasteiger partial charge in [0.15, 0.2) is 0 Å².